The Labute approximate surface area is 341 Å². The summed E-state index contributed by atoms with van der Waals surface area (Å²) >= 11 is 0. The van der Waals surface area contributed by atoms with Crippen LogP contribution in [0.4, 0.5) is 5.69 Å². The molecular weight excluding hydrogens is 723 g/mol. The number of hydrogen-bond donors (Lipinski definition) is 0. The van der Waals surface area contributed by atoms with Gasteiger partial charge in [0.1, 0.15) is 0 Å². The minimum Gasteiger partial charge on any atom is -0.308 e. The van der Waals surface area contributed by atoms with Crippen LogP contribution in [0, 0.1) is 54.4 Å². The Bertz CT molecular complexity index is 3120. The summed E-state index contributed by atoms with van der Waals surface area (Å²) in [6.07, 6.45) is 0. The second kappa shape index (κ2) is 14.8. The van der Waals surface area contributed by atoms with Gasteiger partial charge in [0.25, 0.3) is 0 Å². The fourth-order valence-electron chi connectivity index (χ4n) is 7.86. The molecule has 0 saturated carbocycles. The quantitative estimate of drug-likeness (QED) is 0.157. The van der Waals surface area contributed by atoms with Gasteiger partial charge in [-0.2, -0.15) is 15.8 Å². The monoisotopic (exact) mass is 753 g/mol. The van der Waals surface area contributed by atoms with Crippen molar-refractivity contribution >= 4 is 27.5 Å². The molecule has 7 heteroatoms. The summed E-state index contributed by atoms with van der Waals surface area (Å²) in [4.78, 5) is 13.9. The molecule has 0 radical (unpaired) electrons. The van der Waals surface area contributed by atoms with Crippen molar-refractivity contribution < 1.29 is 0 Å². The molecule has 0 spiro atoms. The van der Waals surface area contributed by atoms with Crippen molar-refractivity contribution in [3.05, 3.63) is 191 Å². The normalized spacial score (nSPS) is 10.8. The lowest BCUT2D eigenvalue weighted by molar-refractivity contribution is 1.17. The molecule has 0 aliphatic rings. The van der Waals surface area contributed by atoms with Gasteiger partial charge < -0.3 is 4.57 Å². The van der Waals surface area contributed by atoms with Crippen LogP contribution in [-0.2, 0) is 0 Å². The molecule has 0 N–H and O–H groups in total. The molecule has 274 valence electrons. The molecule has 9 rings (SSSR count). The zero-order valence-electron chi connectivity index (χ0n) is 32.1. The molecule has 59 heavy (non-hydrogen) atoms. The van der Waals surface area contributed by atoms with E-state index in [2.05, 4.69) is 77.9 Å². The van der Waals surface area contributed by atoms with E-state index in [0.29, 0.717) is 56.1 Å². The third kappa shape index (κ3) is 6.42. The SMILES string of the molecule is [C-]#[N+]c1ccc(-c2cc(-c3cc(-c4ccccc4)nc(-c4ccccc4)n3)cc(-c3ccc(C#N)cc3C#N)c2-n2c3ccc(C)cc3c3cc(C)ccc32)c(C#N)c1. The molecule has 0 aliphatic carbocycles. The van der Waals surface area contributed by atoms with E-state index in [1.165, 1.54) is 0 Å². The summed E-state index contributed by atoms with van der Waals surface area (Å²) in [6.45, 7) is 11.9. The Kier molecular flexibility index (Phi) is 9.04. The lowest BCUT2D eigenvalue weighted by Crippen LogP contribution is -2.04. The van der Waals surface area contributed by atoms with Crippen LogP contribution < -0.4 is 0 Å². The molecule has 0 bridgehead atoms. The fraction of sp³-hybridized carbons (Fsp3) is 0.0385. The average molecular weight is 754 g/mol. The molecule has 0 amide bonds. The minimum atomic E-state index is 0.322. The highest BCUT2D eigenvalue weighted by atomic mass is 15.0. The van der Waals surface area contributed by atoms with Gasteiger partial charge in [0.2, 0.25) is 0 Å². The Hall–Kier alpha value is -8.62. The standard InChI is InChI=1S/C52H31N7/c1-32-14-20-49-43(22-32)44-23-33(2)15-21-50(44)59(49)51-45(41-18-16-34(29-53)24-38(41)30-54)26-37(27-46(51)42-19-17-40(56-3)25-39(42)31-55)48-28-47(35-10-6-4-7-11-35)57-52(58-48)36-12-8-5-9-13-36/h4-28H,1-2H3. The van der Waals surface area contributed by atoms with Crippen LogP contribution in [0.5, 0.6) is 0 Å². The van der Waals surface area contributed by atoms with Crippen molar-refractivity contribution in [2.75, 3.05) is 0 Å². The van der Waals surface area contributed by atoms with E-state index in [0.717, 1.165) is 61.0 Å². The molecule has 0 aliphatic heterocycles. The number of aromatic nitrogens is 3. The van der Waals surface area contributed by atoms with Crippen LogP contribution in [0.1, 0.15) is 27.8 Å². The van der Waals surface area contributed by atoms with Gasteiger partial charge in [-0.3, -0.25) is 0 Å². The van der Waals surface area contributed by atoms with Gasteiger partial charge >= 0.3 is 0 Å². The maximum absolute atomic E-state index is 10.7. The lowest BCUT2D eigenvalue weighted by atomic mass is 9.88. The van der Waals surface area contributed by atoms with Crippen molar-refractivity contribution in [1.29, 1.82) is 15.8 Å². The number of aryl methyl sites for hydroxylation is 2. The summed E-state index contributed by atoms with van der Waals surface area (Å²) in [6, 6.07) is 55.9. The molecule has 9 aromatic rings. The average Bonchev–Trinajstić information content (AvgIpc) is 3.60. The highest BCUT2D eigenvalue weighted by Gasteiger charge is 2.25. The number of hydrogen-bond acceptors (Lipinski definition) is 5. The van der Waals surface area contributed by atoms with Crippen LogP contribution in [0.3, 0.4) is 0 Å². The molecular formula is C52H31N7. The van der Waals surface area contributed by atoms with Gasteiger partial charge in [-0.1, -0.05) is 102 Å². The van der Waals surface area contributed by atoms with Crippen LogP contribution in [0.2, 0.25) is 0 Å². The molecule has 2 aromatic heterocycles. The highest BCUT2D eigenvalue weighted by Crippen LogP contribution is 2.46. The Morgan fingerprint density at radius 1 is 0.508 bits per heavy atom. The zero-order chi connectivity index (χ0) is 40.6. The zero-order valence-corrected chi connectivity index (χ0v) is 32.1. The van der Waals surface area contributed by atoms with Crippen molar-refractivity contribution in [1.82, 2.24) is 14.5 Å². The van der Waals surface area contributed by atoms with Gasteiger partial charge in [0.05, 0.1) is 64.0 Å². The Balaban J connectivity index is 1.48. The smallest absolute Gasteiger partial charge is 0.188 e. The largest absolute Gasteiger partial charge is 0.308 e. The van der Waals surface area contributed by atoms with Crippen LogP contribution in [-0.4, -0.2) is 14.5 Å². The summed E-state index contributed by atoms with van der Waals surface area (Å²) < 4.78 is 2.21. The number of nitrogens with zero attached hydrogens (tertiary/aromatic N) is 7. The van der Waals surface area contributed by atoms with Crippen LogP contribution in [0.15, 0.2) is 152 Å². The topological polar surface area (TPSA) is 106 Å². The van der Waals surface area contributed by atoms with Crippen molar-refractivity contribution in [2.24, 2.45) is 0 Å². The first kappa shape index (κ1) is 36.0. The first-order valence-electron chi connectivity index (χ1n) is 18.9. The summed E-state index contributed by atoms with van der Waals surface area (Å²) in [5, 5.41) is 33.4. The van der Waals surface area contributed by atoms with E-state index in [1.54, 1.807) is 24.3 Å². The number of rotatable bonds is 6. The lowest BCUT2D eigenvalue weighted by Gasteiger charge is -2.22. The fourth-order valence-corrected chi connectivity index (χ4v) is 7.86. The van der Waals surface area contributed by atoms with E-state index >= 15 is 0 Å². The maximum Gasteiger partial charge on any atom is 0.188 e. The molecule has 7 aromatic carbocycles. The van der Waals surface area contributed by atoms with Crippen LogP contribution in [0.25, 0.3) is 88.5 Å². The number of nitriles is 3. The third-order valence-electron chi connectivity index (χ3n) is 10.6. The third-order valence-corrected chi connectivity index (χ3v) is 10.6. The molecule has 7 nitrogen and oxygen atoms in total. The van der Waals surface area contributed by atoms with Gasteiger partial charge in [-0.25, -0.2) is 14.8 Å². The summed E-state index contributed by atoms with van der Waals surface area (Å²) in [5.74, 6) is 0.539. The van der Waals surface area contributed by atoms with Crippen LogP contribution >= 0.6 is 0 Å². The van der Waals surface area contributed by atoms with Gasteiger partial charge in [-0.05, 0) is 80.1 Å². The van der Waals surface area contributed by atoms with Gasteiger partial charge in [0, 0.05) is 49.7 Å². The minimum absolute atomic E-state index is 0.322. The summed E-state index contributed by atoms with van der Waals surface area (Å²) in [7, 11) is 0. The Morgan fingerprint density at radius 3 is 1.61 bits per heavy atom. The molecule has 0 fully saturated rings. The molecule has 0 saturated heterocycles. The van der Waals surface area contributed by atoms with E-state index in [4.69, 9.17) is 16.5 Å². The van der Waals surface area contributed by atoms with E-state index in [1.807, 2.05) is 91.0 Å². The Morgan fingerprint density at radius 2 is 1.05 bits per heavy atom. The predicted molar refractivity (Wildman–Crippen MR) is 233 cm³/mol. The number of fused-ring (bicyclic) bond motifs is 3. The second-order valence-corrected chi connectivity index (χ2v) is 14.4. The van der Waals surface area contributed by atoms with Gasteiger partial charge in [-0.15, -0.1) is 0 Å². The van der Waals surface area contributed by atoms with Gasteiger partial charge in [0.15, 0.2) is 11.5 Å². The van der Waals surface area contributed by atoms with Crippen molar-refractivity contribution in [2.45, 2.75) is 13.8 Å². The highest BCUT2D eigenvalue weighted by molar-refractivity contribution is 6.11. The first-order valence-corrected chi connectivity index (χ1v) is 18.9. The maximum atomic E-state index is 10.7. The molecule has 0 atom stereocenters. The van der Waals surface area contributed by atoms with E-state index in [9.17, 15) is 15.8 Å². The summed E-state index contributed by atoms with van der Waals surface area (Å²) in [5.41, 5.74) is 12.6. The first-order chi connectivity index (χ1) is 28.9. The molecule has 2 heterocycles. The predicted octanol–water partition coefficient (Wildman–Crippen LogP) is 12.7. The van der Waals surface area contributed by atoms with Crippen molar-refractivity contribution in [3.8, 4) is 80.1 Å². The van der Waals surface area contributed by atoms with Crippen molar-refractivity contribution in [3.63, 3.8) is 0 Å². The van der Waals surface area contributed by atoms with E-state index in [-0.39, 0.29) is 0 Å². The van der Waals surface area contributed by atoms with E-state index < -0.39 is 0 Å². The molecule has 0 unspecified atom stereocenters. The second-order valence-electron chi connectivity index (χ2n) is 14.4. The number of benzene rings is 7.